The highest BCUT2D eigenvalue weighted by Crippen LogP contribution is 1.94. The number of hydrogen-bond donors (Lipinski definition) is 4. The zero-order valence-corrected chi connectivity index (χ0v) is 10.6. The SMILES string of the molecule is COCCCCCNC(=O)NC(CCO)C(=O)O. The van der Waals surface area contributed by atoms with E-state index in [2.05, 4.69) is 10.6 Å². The lowest BCUT2D eigenvalue weighted by Gasteiger charge is -2.13. The molecule has 0 aliphatic heterocycles. The Morgan fingerprint density at radius 1 is 1.28 bits per heavy atom. The monoisotopic (exact) mass is 262 g/mol. The molecule has 0 radical (unpaired) electrons. The molecule has 0 aromatic carbocycles. The molecule has 0 saturated carbocycles. The normalized spacial score (nSPS) is 11.9. The van der Waals surface area contributed by atoms with Gasteiger partial charge in [0.2, 0.25) is 0 Å². The first-order chi connectivity index (χ1) is 8.61. The van der Waals surface area contributed by atoms with Crippen LogP contribution in [0.5, 0.6) is 0 Å². The van der Waals surface area contributed by atoms with Crippen molar-refractivity contribution in [2.75, 3.05) is 26.9 Å². The Balaban J connectivity index is 3.65. The van der Waals surface area contributed by atoms with Gasteiger partial charge in [0.05, 0.1) is 0 Å². The van der Waals surface area contributed by atoms with Crippen LogP contribution in [-0.4, -0.2) is 55.1 Å². The van der Waals surface area contributed by atoms with Crippen molar-refractivity contribution >= 4 is 12.0 Å². The smallest absolute Gasteiger partial charge is 0.326 e. The van der Waals surface area contributed by atoms with Crippen molar-refractivity contribution in [2.45, 2.75) is 31.7 Å². The van der Waals surface area contributed by atoms with E-state index < -0.39 is 18.0 Å². The highest BCUT2D eigenvalue weighted by atomic mass is 16.5. The predicted octanol–water partition coefficient (Wildman–Crippen LogP) is -0.0621. The van der Waals surface area contributed by atoms with Gasteiger partial charge in [0.25, 0.3) is 0 Å². The average Bonchev–Trinajstić information content (AvgIpc) is 2.33. The molecule has 2 amide bonds. The van der Waals surface area contributed by atoms with Crippen LogP contribution < -0.4 is 10.6 Å². The number of aliphatic hydroxyl groups excluding tert-OH is 1. The van der Waals surface area contributed by atoms with Gasteiger partial charge in [-0.3, -0.25) is 0 Å². The number of carboxylic acid groups (broad SMARTS) is 1. The van der Waals surface area contributed by atoms with E-state index in [-0.39, 0.29) is 13.0 Å². The second-order valence-electron chi connectivity index (χ2n) is 3.86. The zero-order valence-electron chi connectivity index (χ0n) is 10.6. The number of rotatable bonds is 10. The molecule has 0 aromatic rings. The van der Waals surface area contributed by atoms with Crippen molar-refractivity contribution in [3.8, 4) is 0 Å². The predicted molar refractivity (Wildman–Crippen MR) is 65.4 cm³/mol. The van der Waals surface area contributed by atoms with Gasteiger partial charge in [-0.05, 0) is 19.3 Å². The van der Waals surface area contributed by atoms with Gasteiger partial charge in [0, 0.05) is 33.3 Å². The molecule has 0 aliphatic rings. The zero-order chi connectivity index (χ0) is 13.8. The topological polar surface area (TPSA) is 108 Å². The first kappa shape index (κ1) is 16.7. The Bertz CT molecular complexity index is 248. The number of aliphatic carboxylic acids is 1. The number of carbonyl (C=O) groups is 2. The Morgan fingerprint density at radius 3 is 2.56 bits per heavy atom. The van der Waals surface area contributed by atoms with Gasteiger partial charge < -0.3 is 25.6 Å². The van der Waals surface area contributed by atoms with E-state index in [1.165, 1.54) is 0 Å². The number of hydrogen-bond acceptors (Lipinski definition) is 4. The van der Waals surface area contributed by atoms with Gasteiger partial charge in [-0.2, -0.15) is 0 Å². The minimum Gasteiger partial charge on any atom is -0.480 e. The van der Waals surface area contributed by atoms with Crippen LogP contribution in [0.4, 0.5) is 4.79 Å². The Hall–Kier alpha value is -1.34. The summed E-state index contributed by atoms with van der Waals surface area (Å²) in [6, 6.07) is -1.58. The quantitative estimate of drug-likeness (QED) is 0.412. The third-order valence-electron chi connectivity index (χ3n) is 2.33. The van der Waals surface area contributed by atoms with Gasteiger partial charge in [0.1, 0.15) is 6.04 Å². The number of carbonyl (C=O) groups excluding carboxylic acids is 1. The second kappa shape index (κ2) is 10.8. The Kier molecular flexibility index (Phi) is 9.99. The van der Waals surface area contributed by atoms with E-state index in [9.17, 15) is 9.59 Å². The van der Waals surface area contributed by atoms with E-state index >= 15 is 0 Å². The molecule has 0 heterocycles. The summed E-state index contributed by atoms with van der Waals surface area (Å²) < 4.78 is 4.89. The standard InChI is InChI=1S/C11H22N2O5/c1-18-8-4-2-3-6-12-11(17)13-9(5-7-14)10(15)16/h9,14H,2-8H2,1H3,(H,15,16)(H2,12,13,17). The highest BCUT2D eigenvalue weighted by Gasteiger charge is 2.18. The van der Waals surface area contributed by atoms with Crippen molar-refractivity contribution < 1.29 is 24.5 Å². The lowest BCUT2D eigenvalue weighted by atomic mass is 10.2. The van der Waals surface area contributed by atoms with Crippen LogP contribution in [-0.2, 0) is 9.53 Å². The number of methoxy groups -OCH3 is 1. The van der Waals surface area contributed by atoms with Crippen LogP contribution in [0.15, 0.2) is 0 Å². The third-order valence-corrected chi connectivity index (χ3v) is 2.33. The lowest BCUT2D eigenvalue weighted by Crippen LogP contribution is -2.46. The van der Waals surface area contributed by atoms with Crippen LogP contribution in [0, 0.1) is 0 Å². The van der Waals surface area contributed by atoms with E-state index in [0.29, 0.717) is 13.2 Å². The fourth-order valence-corrected chi connectivity index (χ4v) is 1.35. The summed E-state index contributed by atoms with van der Waals surface area (Å²) in [6.07, 6.45) is 2.68. The number of carboxylic acids is 1. The maximum Gasteiger partial charge on any atom is 0.326 e. The summed E-state index contributed by atoms with van der Waals surface area (Å²) >= 11 is 0. The molecule has 0 spiro atoms. The summed E-state index contributed by atoms with van der Waals surface area (Å²) in [5, 5.41) is 22.3. The summed E-state index contributed by atoms with van der Waals surface area (Å²) in [6.45, 7) is 0.902. The maximum atomic E-state index is 11.3. The molecule has 0 aromatic heterocycles. The van der Waals surface area contributed by atoms with Gasteiger partial charge in [-0.15, -0.1) is 0 Å². The van der Waals surface area contributed by atoms with Crippen molar-refractivity contribution in [1.29, 1.82) is 0 Å². The number of amides is 2. The first-order valence-corrected chi connectivity index (χ1v) is 5.98. The molecule has 106 valence electrons. The molecule has 0 bridgehead atoms. The summed E-state index contributed by atoms with van der Waals surface area (Å²) in [5.41, 5.74) is 0. The lowest BCUT2D eigenvalue weighted by molar-refractivity contribution is -0.139. The molecule has 1 unspecified atom stereocenters. The van der Waals surface area contributed by atoms with Crippen LogP contribution in [0.25, 0.3) is 0 Å². The number of urea groups is 1. The van der Waals surface area contributed by atoms with E-state index in [4.69, 9.17) is 14.9 Å². The number of nitrogens with one attached hydrogen (secondary N) is 2. The Morgan fingerprint density at radius 2 is 2.00 bits per heavy atom. The number of aliphatic hydroxyl groups is 1. The summed E-state index contributed by atoms with van der Waals surface area (Å²) in [4.78, 5) is 22.0. The largest absolute Gasteiger partial charge is 0.480 e. The molecule has 0 aliphatic carbocycles. The fraction of sp³-hybridized carbons (Fsp3) is 0.818. The second-order valence-corrected chi connectivity index (χ2v) is 3.86. The van der Waals surface area contributed by atoms with Crippen molar-refractivity contribution in [3.05, 3.63) is 0 Å². The molecular weight excluding hydrogens is 240 g/mol. The highest BCUT2D eigenvalue weighted by molar-refractivity contribution is 5.82. The van der Waals surface area contributed by atoms with Crippen LogP contribution in [0.1, 0.15) is 25.7 Å². The molecule has 4 N–H and O–H groups in total. The first-order valence-electron chi connectivity index (χ1n) is 5.98. The van der Waals surface area contributed by atoms with Crippen molar-refractivity contribution in [3.63, 3.8) is 0 Å². The maximum absolute atomic E-state index is 11.3. The van der Waals surface area contributed by atoms with E-state index in [0.717, 1.165) is 19.3 Å². The minimum absolute atomic E-state index is 0.00338. The van der Waals surface area contributed by atoms with Gasteiger partial charge in [-0.1, -0.05) is 0 Å². The van der Waals surface area contributed by atoms with Crippen LogP contribution in [0.2, 0.25) is 0 Å². The number of ether oxygens (including phenoxy) is 1. The van der Waals surface area contributed by atoms with Crippen molar-refractivity contribution in [2.24, 2.45) is 0 Å². The molecular formula is C11H22N2O5. The molecule has 0 rings (SSSR count). The fourth-order valence-electron chi connectivity index (χ4n) is 1.35. The van der Waals surface area contributed by atoms with E-state index in [1.54, 1.807) is 7.11 Å². The molecule has 7 heteroatoms. The number of unbranched alkanes of at least 4 members (excludes halogenated alkanes) is 2. The van der Waals surface area contributed by atoms with Gasteiger partial charge >= 0.3 is 12.0 Å². The molecule has 18 heavy (non-hydrogen) atoms. The van der Waals surface area contributed by atoms with Crippen molar-refractivity contribution in [1.82, 2.24) is 10.6 Å². The molecule has 1 atom stereocenters. The summed E-state index contributed by atoms with van der Waals surface area (Å²) in [5.74, 6) is -1.15. The average molecular weight is 262 g/mol. The molecule has 0 saturated heterocycles. The Labute approximate surface area is 107 Å². The van der Waals surface area contributed by atoms with Crippen LogP contribution >= 0.6 is 0 Å². The summed E-state index contributed by atoms with van der Waals surface area (Å²) in [7, 11) is 1.64. The van der Waals surface area contributed by atoms with Crippen LogP contribution in [0.3, 0.4) is 0 Å². The molecule has 7 nitrogen and oxygen atoms in total. The van der Waals surface area contributed by atoms with E-state index in [1.807, 2.05) is 0 Å². The third kappa shape index (κ3) is 8.77. The van der Waals surface area contributed by atoms with Gasteiger partial charge in [0.15, 0.2) is 0 Å². The molecule has 0 fully saturated rings. The minimum atomic E-state index is -1.15. The van der Waals surface area contributed by atoms with Gasteiger partial charge in [-0.25, -0.2) is 9.59 Å².